The van der Waals surface area contributed by atoms with Crippen LogP contribution in [0.15, 0.2) is 30.3 Å². The normalized spacial score (nSPS) is 15.1. The molecule has 1 aromatic rings. The highest BCUT2D eigenvalue weighted by Crippen LogP contribution is 2.15. The molecule has 6 heteroatoms. The molecule has 1 aromatic carbocycles. The van der Waals surface area contributed by atoms with Crippen molar-refractivity contribution in [2.45, 2.75) is 24.7 Å². The lowest BCUT2D eigenvalue weighted by molar-refractivity contribution is 0.169. The second-order valence-corrected chi connectivity index (χ2v) is 5.88. The Morgan fingerprint density at radius 3 is 2.28 bits per heavy atom. The lowest BCUT2D eigenvalue weighted by atomic mass is 10.2. The first-order valence-corrected chi connectivity index (χ1v) is 7.27. The van der Waals surface area contributed by atoms with Crippen molar-refractivity contribution >= 4 is 15.8 Å². The van der Waals surface area contributed by atoms with E-state index in [2.05, 4.69) is 0 Å². The van der Waals surface area contributed by atoms with Crippen LogP contribution in [0.1, 0.15) is 13.3 Å². The summed E-state index contributed by atoms with van der Waals surface area (Å²) in [4.78, 5) is 1.75. The maximum Gasteiger partial charge on any atom is 0.270 e. The fraction of sp³-hybridized carbons (Fsp3) is 0.500. The van der Waals surface area contributed by atoms with E-state index < -0.39 is 21.5 Å². The number of likely N-dealkylation sites (N-methyl/N-ethyl adjacent to an activating group) is 1. The maximum atomic E-state index is 11.1. The van der Waals surface area contributed by atoms with Crippen LogP contribution in [0.3, 0.4) is 0 Å². The summed E-state index contributed by atoms with van der Waals surface area (Å²) < 4.78 is 31.2. The van der Waals surface area contributed by atoms with Crippen LogP contribution in [-0.2, 0) is 10.1 Å². The van der Waals surface area contributed by atoms with Gasteiger partial charge in [-0.25, -0.2) is 0 Å². The second-order valence-electron chi connectivity index (χ2n) is 4.25. The van der Waals surface area contributed by atoms with Gasteiger partial charge in [-0.3, -0.25) is 4.55 Å². The van der Waals surface area contributed by atoms with Gasteiger partial charge in [-0.1, -0.05) is 25.1 Å². The third-order valence-electron chi connectivity index (χ3n) is 2.87. The van der Waals surface area contributed by atoms with Gasteiger partial charge in [0.1, 0.15) is 5.25 Å². The SMILES string of the molecule is CCC(C(O)CN(C)c1ccccc1)S(=O)(=O)O. The highest BCUT2D eigenvalue weighted by Gasteiger charge is 2.29. The predicted octanol–water partition coefficient (Wildman–Crippen LogP) is 1.15. The minimum atomic E-state index is -4.22. The molecule has 0 fully saturated rings. The molecule has 102 valence electrons. The zero-order chi connectivity index (χ0) is 13.8. The monoisotopic (exact) mass is 273 g/mol. The molecule has 0 aliphatic carbocycles. The van der Waals surface area contributed by atoms with Crippen LogP contribution < -0.4 is 4.90 Å². The van der Waals surface area contributed by atoms with E-state index in [4.69, 9.17) is 4.55 Å². The molecule has 0 aliphatic rings. The molecule has 0 spiro atoms. The number of hydrogen-bond donors (Lipinski definition) is 2. The van der Waals surface area contributed by atoms with Crippen molar-refractivity contribution in [2.24, 2.45) is 0 Å². The summed E-state index contributed by atoms with van der Waals surface area (Å²) in [7, 11) is -2.46. The lowest BCUT2D eigenvalue weighted by Crippen LogP contribution is -2.41. The van der Waals surface area contributed by atoms with Gasteiger partial charge < -0.3 is 10.0 Å². The third-order valence-corrected chi connectivity index (χ3v) is 4.28. The molecule has 1 rings (SSSR count). The fourth-order valence-electron chi connectivity index (χ4n) is 1.87. The van der Waals surface area contributed by atoms with Gasteiger partial charge in [-0.15, -0.1) is 0 Å². The number of aliphatic hydroxyl groups is 1. The minimum Gasteiger partial charge on any atom is -0.390 e. The van der Waals surface area contributed by atoms with Crippen molar-refractivity contribution in [1.82, 2.24) is 0 Å². The van der Waals surface area contributed by atoms with E-state index in [-0.39, 0.29) is 13.0 Å². The number of nitrogens with zero attached hydrogens (tertiary/aromatic N) is 1. The summed E-state index contributed by atoms with van der Waals surface area (Å²) in [6.45, 7) is 1.76. The zero-order valence-corrected chi connectivity index (χ0v) is 11.3. The Kier molecular flexibility index (Phi) is 5.13. The molecule has 0 radical (unpaired) electrons. The summed E-state index contributed by atoms with van der Waals surface area (Å²) in [5.74, 6) is 0. The summed E-state index contributed by atoms with van der Waals surface area (Å²) in [5.41, 5.74) is 0.877. The van der Waals surface area contributed by atoms with Crippen LogP contribution in [0.5, 0.6) is 0 Å². The van der Waals surface area contributed by atoms with Crippen LogP contribution in [-0.4, -0.2) is 43.0 Å². The standard InChI is InChI=1S/C12H19NO4S/c1-3-12(18(15,16)17)11(14)9-13(2)10-7-5-4-6-8-10/h4-8,11-12,14H,3,9H2,1-2H3,(H,15,16,17). The van der Waals surface area contributed by atoms with Gasteiger partial charge in [0.15, 0.2) is 0 Å². The Labute approximate surface area is 108 Å². The van der Waals surface area contributed by atoms with Gasteiger partial charge in [0.25, 0.3) is 10.1 Å². The van der Waals surface area contributed by atoms with Gasteiger partial charge in [-0.2, -0.15) is 8.42 Å². The Bertz CT molecular complexity index is 460. The van der Waals surface area contributed by atoms with E-state index in [1.165, 1.54) is 0 Å². The highest BCUT2D eigenvalue weighted by atomic mass is 32.2. The number of rotatable bonds is 6. The van der Waals surface area contributed by atoms with Crippen molar-refractivity contribution in [1.29, 1.82) is 0 Å². The van der Waals surface area contributed by atoms with Gasteiger partial charge in [0.2, 0.25) is 0 Å². The Balaban J connectivity index is 2.73. The number of anilines is 1. The number of hydrogen-bond acceptors (Lipinski definition) is 4. The first-order chi connectivity index (χ1) is 8.36. The quantitative estimate of drug-likeness (QED) is 0.760. The molecule has 0 aromatic heterocycles. The largest absolute Gasteiger partial charge is 0.390 e. The van der Waals surface area contributed by atoms with Crippen LogP contribution in [0, 0.1) is 0 Å². The van der Waals surface area contributed by atoms with Gasteiger partial charge in [0.05, 0.1) is 6.10 Å². The van der Waals surface area contributed by atoms with Gasteiger partial charge in [-0.05, 0) is 18.6 Å². The van der Waals surface area contributed by atoms with Crippen molar-refractivity contribution in [2.75, 3.05) is 18.5 Å². The second kappa shape index (κ2) is 6.17. The zero-order valence-electron chi connectivity index (χ0n) is 10.5. The summed E-state index contributed by atoms with van der Waals surface area (Å²) in [6.07, 6.45) is -0.960. The summed E-state index contributed by atoms with van der Waals surface area (Å²) in [5, 5.41) is 8.75. The minimum absolute atomic E-state index is 0.141. The van der Waals surface area contributed by atoms with Crippen molar-refractivity contribution in [3.8, 4) is 0 Å². The average molecular weight is 273 g/mol. The first-order valence-electron chi connectivity index (χ1n) is 5.76. The topological polar surface area (TPSA) is 77.8 Å². The van der Waals surface area contributed by atoms with E-state index in [0.29, 0.717) is 0 Å². The molecular formula is C12H19NO4S. The molecule has 2 unspecified atom stereocenters. The molecular weight excluding hydrogens is 254 g/mol. The predicted molar refractivity (Wildman–Crippen MR) is 71.3 cm³/mol. The van der Waals surface area contributed by atoms with Crippen molar-refractivity contribution in [3.05, 3.63) is 30.3 Å². The van der Waals surface area contributed by atoms with Crippen LogP contribution in [0.25, 0.3) is 0 Å². The summed E-state index contributed by atoms with van der Waals surface area (Å²) in [6, 6.07) is 9.32. The van der Waals surface area contributed by atoms with E-state index >= 15 is 0 Å². The number of para-hydroxylation sites is 1. The lowest BCUT2D eigenvalue weighted by Gasteiger charge is -2.26. The smallest absolute Gasteiger partial charge is 0.270 e. The van der Waals surface area contributed by atoms with Crippen molar-refractivity contribution in [3.63, 3.8) is 0 Å². The molecule has 0 bridgehead atoms. The summed E-state index contributed by atoms with van der Waals surface area (Å²) >= 11 is 0. The van der Waals surface area contributed by atoms with E-state index in [1.807, 2.05) is 30.3 Å². The van der Waals surface area contributed by atoms with Gasteiger partial charge in [0, 0.05) is 19.3 Å². The molecule has 5 nitrogen and oxygen atoms in total. The Morgan fingerprint density at radius 2 is 1.83 bits per heavy atom. The number of aliphatic hydroxyl groups excluding tert-OH is 1. The first kappa shape index (κ1) is 14.9. The molecule has 2 atom stereocenters. The molecule has 0 aliphatic heterocycles. The van der Waals surface area contributed by atoms with Crippen LogP contribution in [0.4, 0.5) is 5.69 Å². The van der Waals surface area contributed by atoms with Crippen LogP contribution >= 0.6 is 0 Å². The average Bonchev–Trinajstić information content (AvgIpc) is 2.29. The Morgan fingerprint density at radius 1 is 1.28 bits per heavy atom. The molecule has 0 amide bonds. The van der Waals surface area contributed by atoms with E-state index in [1.54, 1.807) is 18.9 Å². The fourth-order valence-corrected chi connectivity index (χ4v) is 2.77. The molecule has 0 saturated carbocycles. The molecule has 0 heterocycles. The number of benzene rings is 1. The van der Waals surface area contributed by atoms with E-state index in [0.717, 1.165) is 5.69 Å². The van der Waals surface area contributed by atoms with Crippen molar-refractivity contribution < 1.29 is 18.1 Å². The molecule has 0 saturated heterocycles. The van der Waals surface area contributed by atoms with Gasteiger partial charge >= 0.3 is 0 Å². The maximum absolute atomic E-state index is 11.1. The third kappa shape index (κ3) is 3.97. The highest BCUT2D eigenvalue weighted by molar-refractivity contribution is 7.86. The molecule has 2 N–H and O–H groups in total. The van der Waals surface area contributed by atoms with E-state index in [9.17, 15) is 13.5 Å². The molecule has 18 heavy (non-hydrogen) atoms. The van der Waals surface area contributed by atoms with Crippen LogP contribution in [0.2, 0.25) is 0 Å². The Hall–Kier alpha value is -1.11.